The van der Waals surface area contributed by atoms with Gasteiger partial charge < -0.3 is 25.0 Å². The third kappa shape index (κ3) is 9.06. The van der Waals surface area contributed by atoms with Crippen molar-refractivity contribution in [2.24, 2.45) is 16.8 Å². The number of hydrogen-bond donors (Lipinski definition) is 2. The van der Waals surface area contributed by atoms with Crippen LogP contribution in [0.5, 0.6) is 5.75 Å². The molecule has 0 spiro atoms. The van der Waals surface area contributed by atoms with E-state index in [0.717, 1.165) is 62.1 Å². The number of rotatable bonds is 12. The first-order valence-electron chi connectivity index (χ1n) is 12.3. The Morgan fingerprint density at radius 1 is 1.09 bits per heavy atom. The number of ether oxygens (including phenoxy) is 2. The van der Waals surface area contributed by atoms with E-state index in [2.05, 4.69) is 27.7 Å². The fraction of sp³-hybridized carbons (Fsp3) is 0.720. The molecule has 0 radical (unpaired) electrons. The molecule has 2 saturated carbocycles. The largest absolute Gasteiger partial charge is 0.491 e. The summed E-state index contributed by atoms with van der Waals surface area (Å²) in [6.45, 7) is 10.0. The van der Waals surface area contributed by atoms with Gasteiger partial charge in [0.15, 0.2) is 5.96 Å². The summed E-state index contributed by atoms with van der Waals surface area (Å²) in [6.07, 6.45) is 7.92. The Balaban J connectivity index is 0.00000289. The van der Waals surface area contributed by atoms with Crippen LogP contribution in [0.25, 0.3) is 0 Å². The average molecular weight is 557 g/mol. The van der Waals surface area contributed by atoms with E-state index >= 15 is 0 Å². The van der Waals surface area contributed by atoms with Crippen molar-refractivity contribution < 1.29 is 9.47 Å². The van der Waals surface area contributed by atoms with Crippen LogP contribution in [-0.4, -0.2) is 62.4 Å². The van der Waals surface area contributed by atoms with E-state index in [1.165, 1.54) is 45.2 Å². The zero-order valence-electron chi connectivity index (χ0n) is 19.7. The van der Waals surface area contributed by atoms with Gasteiger partial charge in [-0.25, -0.2) is 0 Å². The molecule has 0 amide bonds. The van der Waals surface area contributed by atoms with Gasteiger partial charge in [0, 0.05) is 44.6 Å². The van der Waals surface area contributed by atoms with Crippen molar-refractivity contribution in [1.82, 2.24) is 10.2 Å². The Morgan fingerprint density at radius 3 is 2.56 bits per heavy atom. The third-order valence-corrected chi connectivity index (χ3v) is 6.19. The van der Waals surface area contributed by atoms with Crippen LogP contribution in [0.2, 0.25) is 0 Å². The molecule has 1 atom stereocenters. The highest BCUT2D eigenvalue weighted by Crippen LogP contribution is 2.31. The summed E-state index contributed by atoms with van der Waals surface area (Å²) in [5.41, 5.74) is 1.03. The maximum Gasteiger partial charge on any atom is 0.195 e. The maximum absolute atomic E-state index is 5.76. The van der Waals surface area contributed by atoms with Gasteiger partial charge >= 0.3 is 0 Å². The first kappa shape index (κ1) is 25.6. The molecule has 3 fully saturated rings. The fourth-order valence-electron chi connectivity index (χ4n) is 4.08. The van der Waals surface area contributed by atoms with Gasteiger partial charge in [0.2, 0.25) is 0 Å². The van der Waals surface area contributed by atoms with E-state index in [0.29, 0.717) is 5.92 Å². The normalized spacial score (nSPS) is 21.5. The Kier molecular flexibility index (Phi) is 10.4. The van der Waals surface area contributed by atoms with Gasteiger partial charge in [-0.1, -0.05) is 0 Å². The van der Waals surface area contributed by atoms with Crippen molar-refractivity contribution in [1.29, 1.82) is 0 Å². The van der Waals surface area contributed by atoms with Crippen LogP contribution in [-0.2, 0) is 4.74 Å². The summed E-state index contributed by atoms with van der Waals surface area (Å²) in [6, 6.07) is 8.99. The van der Waals surface area contributed by atoms with Gasteiger partial charge in [0.1, 0.15) is 5.75 Å². The minimum Gasteiger partial charge on any atom is -0.491 e. The maximum atomic E-state index is 5.76. The highest BCUT2D eigenvalue weighted by molar-refractivity contribution is 14.0. The van der Waals surface area contributed by atoms with Gasteiger partial charge in [-0.05, 0) is 95.0 Å². The second kappa shape index (κ2) is 13.0. The minimum absolute atomic E-state index is 0. The Hall–Kier alpha value is -1.06. The summed E-state index contributed by atoms with van der Waals surface area (Å²) in [5.74, 6) is 3.26. The van der Waals surface area contributed by atoms with Crippen LogP contribution in [0.1, 0.15) is 52.4 Å². The van der Waals surface area contributed by atoms with Crippen molar-refractivity contribution in [3.8, 4) is 5.75 Å². The predicted octanol–water partition coefficient (Wildman–Crippen LogP) is 4.75. The number of halogens is 1. The molecule has 32 heavy (non-hydrogen) atoms. The van der Waals surface area contributed by atoms with Crippen LogP contribution in [0.15, 0.2) is 29.3 Å². The molecule has 180 valence electrons. The summed E-state index contributed by atoms with van der Waals surface area (Å²) >= 11 is 0. The number of hydrogen-bond acceptors (Lipinski definition) is 4. The summed E-state index contributed by atoms with van der Waals surface area (Å²) in [4.78, 5) is 7.60. The Labute approximate surface area is 210 Å². The third-order valence-electron chi connectivity index (χ3n) is 6.19. The molecule has 1 aromatic carbocycles. The van der Waals surface area contributed by atoms with E-state index in [1.807, 2.05) is 26.0 Å². The SMILES string of the molecule is CC(C)Oc1ccc(NC(=NCC2CCN(C3CC3)C2)NCCCOCC2CC2)cc1.I. The molecule has 0 bridgehead atoms. The average Bonchev–Trinajstić information content (AvgIpc) is 3.69. The molecule has 7 heteroatoms. The van der Waals surface area contributed by atoms with Gasteiger partial charge in [-0.2, -0.15) is 0 Å². The first-order chi connectivity index (χ1) is 15.2. The zero-order chi connectivity index (χ0) is 21.5. The van der Waals surface area contributed by atoms with Gasteiger partial charge in [0.25, 0.3) is 0 Å². The number of nitrogens with zero attached hydrogens (tertiary/aromatic N) is 2. The summed E-state index contributed by atoms with van der Waals surface area (Å²) in [7, 11) is 0. The van der Waals surface area contributed by atoms with Gasteiger partial charge in [-0.3, -0.25) is 4.99 Å². The molecule has 4 rings (SSSR count). The van der Waals surface area contributed by atoms with Crippen molar-refractivity contribution >= 4 is 35.6 Å². The van der Waals surface area contributed by atoms with Gasteiger partial charge in [0.05, 0.1) is 6.10 Å². The smallest absolute Gasteiger partial charge is 0.195 e. The van der Waals surface area contributed by atoms with Crippen LogP contribution in [0, 0.1) is 11.8 Å². The fourth-order valence-corrected chi connectivity index (χ4v) is 4.08. The molecule has 1 heterocycles. The van der Waals surface area contributed by atoms with Crippen molar-refractivity contribution in [3.63, 3.8) is 0 Å². The highest BCUT2D eigenvalue weighted by Gasteiger charge is 2.34. The van der Waals surface area contributed by atoms with Crippen molar-refractivity contribution in [2.75, 3.05) is 44.7 Å². The lowest BCUT2D eigenvalue weighted by Crippen LogP contribution is -2.33. The lowest BCUT2D eigenvalue weighted by molar-refractivity contribution is 0.123. The standard InChI is InChI=1S/C25H40N4O2.HI/c1-19(2)31-24-10-6-22(7-11-24)28-25(26-13-3-15-30-18-20-4-5-20)27-16-21-12-14-29(17-21)23-8-9-23;/h6-7,10-11,19-21,23H,3-5,8-9,12-18H2,1-2H3,(H2,26,27,28);1H. The van der Waals surface area contributed by atoms with E-state index in [4.69, 9.17) is 14.5 Å². The Bertz CT molecular complexity index is 704. The molecule has 1 aromatic rings. The zero-order valence-corrected chi connectivity index (χ0v) is 22.1. The molecule has 2 aliphatic carbocycles. The molecule has 1 unspecified atom stereocenters. The number of likely N-dealkylation sites (tertiary alicyclic amines) is 1. The summed E-state index contributed by atoms with van der Waals surface area (Å²) in [5, 5.41) is 6.98. The lowest BCUT2D eigenvalue weighted by atomic mass is 10.1. The quantitative estimate of drug-likeness (QED) is 0.169. The topological polar surface area (TPSA) is 58.1 Å². The Morgan fingerprint density at radius 2 is 1.88 bits per heavy atom. The number of benzene rings is 1. The molecular weight excluding hydrogens is 515 g/mol. The molecule has 1 aliphatic heterocycles. The molecule has 1 saturated heterocycles. The second-order valence-electron chi connectivity index (χ2n) is 9.68. The highest BCUT2D eigenvalue weighted by atomic mass is 127. The predicted molar refractivity (Wildman–Crippen MR) is 142 cm³/mol. The van der Waals surface area contributed by atoms with E-state index < -0.39 is 0 Å². The van der Waals surface area contributed by atoms with E-state index in [-0.39, 0.29) is 30.1 Å². The molecule has 6 nitrogen and oxygen atoms in total. The first-order valence-corrected chi connectivity index (χ1v) is 12.3. The van der Waals surface area contributed by atoms with Crippen molar-refractivity contribution in [3.05, 3.63) is 24.3 Å². The van der Waals surface area contributed by atoms with Crippen molar-refractivity contribution in [2.45, 2.75) is 64.5 Å². The van der Waals surface area contributed by atoms with Crippen LogP contribution >= 0.6 is 24.0 Å². The number of guanidine groups is 1. The van der Waals surface area contributed by atoms with Gasteiger partial charge in [-0.15, -0.1) is 24.0 Å². The number of aliphatic imine (C=N–C) groups is 1. The molecule has 3 aliphatic rings. The van der Waals surface area contributed by atoms with Crippen LogP contribution in [0.3, 0.4) is 0 Å². The van der Waals surface area contributed by atoms with E-state index in [9.17, 15) is 0 Å². The van der Waals surface area contributed by atoms with Crippen LogP contribution in [0.4, 0.5) is 5.69 Å². The van der Waals surface area contributed by atoms with Crippen LogP contribution < -0.4 is 15.4 Å². The second-order valence-corrected chi connectivity index (χ2v) is 9.68. The monoisotopic (exact) mass is 556 g/mol. The molecular formula is C25H41IN4O2. The molecule has 0 aromatic heterocycles. The number of nitrogens with one attached hydrogen (secondary N) is 2. The van der Waals surface area contributed by atoms with E-state index in [1.54, 1.807) is 0 Å². The molecule has 2 N–H and O–H groups in total. The lowest BCUT2D eigenvalue weighted by Gasteiger charge is -2.16. The number of anilines is 1. The summed E-state index contributed by atoms with van der Waals surface area (Å²) < 4.78 is 11.5. The minimum atomic E-state index is 0.